The minimum atomic E-state index is -0.237. The molecule has 0 unspecified atom stereocenters. The highest BCUT2D eigenvalue weighted by molar-refractivity contribution is 5.16. The molecule has 2 aromatic rings. The summed E-state index contributed by atoms with van der Waals surface area (Å²) in [6, 6.07) is 20.2. The number of hydrogen-bond donors (Lipinski definition) is 0. The van der Waals surface area contributed by atoms with Crippen LogP contribution in [0.5, 0.6) is 0 Å². The summed E-state index contributed by atoms with van der Waals surface area (Å²) in [5, 5.41) is 12.7. The molecule has 0 aliphatic carbocycles. The summed E-state index contributed by atoms with van der Waals surface area (Å²) in [5.41, 5.74) is 2.32. The fourth-order valence-electron chi connectivity index (χ4n) is 2.25. The third-order valence-electron chi connectivity index (χ3n) is 3.65. The van der Waals surface area contributed by atoms with Crippen LogP contribution in [0.15, 0.2) is 60.7 Å². The van der Waals surface area contributed by atoms with Crippen molar-refractivity contribution in [2.75, 3.05) is 7.05 Å². The van der Waals surface area contributed by atoms with Crippen LogP contribution in [0.1, 0.15) is 18.1 Å². The molecule has 0 aliphatic rings. The van der Waals surface area contributed by atoms with Crippen molar-refractivity contribution in [3.8, 4) is 0 Å². The maximum Gasteiger partial charge on any atom is 0.104 e. The van der Waals surface area contributed by atoms with Crippen LogP contribution in [-0.2, 0) is 13.0 Å². The molecule has 0 saturated heterocycles. The van der Waals surface area contributed by atoms with E-state index in [1.807, 2.05) is 55.5 Å². The van der Waals surface area contributed by atoms with Gasteiger partial charge in [0.25, 0.3) is 0 Å². The van der Waals surface area contributed by atoms with Crippen molar-refractivity contribution in [1.29, 1.82) is 0 Å². The molecule has 2 aromatic carbocycles. The van der Waals surface area contributed by atoms with E-state index in [9.17, 15) is 5.21 Å². The van der Waals surface area contributed by atoms with Crippen molar-refractivity contribution in [2.45, 2.75) is 25.9 Å². The predicted octanol–water partition coefficient (Wildman–Crippen LogP) is 3.76. The minimum absolute atomic E-state index is 0.0441. The Morgan fingerprint density at radius 3 is 1.89 bits per heavy atom. The van der Waals surface area contributed by atoms with Gasteiger partial charge in [0.05, 0.1) is 13.1 Å². The fourth-order valence-corrected chi connectivity index (χ4v) is 2.25. The average molecular weight is 255 g/mol. The molecule has 0 bridgehead atoms. The Morgan fingerprint density at radius 2 is 1.37 bits per heavy atom. The monoisotopic (exact) mass is 255 g/mol. The molecule has 0 amide bonds. The topological polar surface area (TPSA) is 23.1 Å². The number of nitrogens with zero attached hydrogens (tertiary/aromatic N) is 1. The van der Waals surface area contributed by atoms with Crippen molar-refractivity contribution < 1.29 is 4.65 Å². The highest BCUT2D eigenvalue weighted by Crippen LogP contribution is 2.18. The van der Waals surface area contributed by atoms with E-state index in [1.54, 1.807) is 7.05 Å². The lowest BCUT2D eigenvalue weighted by Gasteiger charge is -2.44. The third kappa shape index (κ3) is 3.91. The van der Waals surface area contributed by atoms with E-state index in [-0.39, 0.29) is 10.7 Å². The van der Waals surface area contributed by atoms with Gasteiger partial charge in [-0.05, 0) is 12.5 Å². The van der Waals surface area contributed by atoms with Crippen LogP contribution in [0.3, 0.4) is 0 Å². The van der Waals surface area contributed by atoms with Gasteiger partial charge in [-0.3, -0.25) is 0 Å². The van der Waals surface area contributed by atoms with E-state index in [0.717, 1.165) is 12.0 Å². The first-order valence-corrected chi connectivity index (χ1v) is 6.72. The predicted molar refractivity (Wildman–Crippen MR) is 79.3 cm³/mol. The SMILES string of the molecule is C[C@@H](Cc1ccccc1)[N@+](C)([O-])Cc1ccccc1. The molecule has 0 saturated carbocycles. The van der Waals surface area contributed by atoms with Gasteiger partial charge in [-0.2, -0.15) is 0 Å². The van der Waals surface area contributed by atoms with Crippen molar-refractivity contribution >= 4 is 0 Å². The molecule has 0 N–H and O–H groups in total. The Morgan fingerprint density at radius 1 is 0.895 bits per heavy atom. The summed E-state index contributed by atoms with van der Waals surface area (Å²) in [7, 11) is 1.76. The van der Waals surface area contributed by atoms with E-state index in [4.69, 9.17) is 0 Å². The van der Waals surface area contributed by atoms with Crippen LogP contribution in [-0.4, -0.2) is 17.7 Å². The molecule has 0 aliphatic heterocycles. The molecule has 2 nitrogen and oxygen atoms in total. The Labute approximate surface area is 115 Å². The molecule has 0 fully saturated rings. The fraction of sp³-hybridized carbons (Fsp3) is 0.294. The van der Waals surface area contributed by atoms with Gasteiger partial charge < -0.3 is 9.85 Å². The maximum absolute atomic E-state index is 12.7. The molecular formula is C17H21NO. The summed E-state index contributed by atoms with van der Waals surface area (Å²) < 4.78 is -0.237. The van der Waals surface area contributed by atoms with Crippen LogP contribution in [0.4, 0.5) is 0 Å². The lowest BCUT2D eigenvalue weighted by Crippen LogP contribution is -2.45. The van der Waals surface area contributed by atoms with Gasteiger partial charge in [-0.1, -0.05) is 60.7 Å². The quantitative estimate of drug-likeness (QED) is 0.589. The maximum atomic E-state index is 12.7. The first kappa shape index (κ1) is 13.8. The van der Waals surface area contributed by atoms with E-state index in [0.29, 0.717) is 6.54 Å². The Balaban J connectivity index is 2.02. The van der Waals surface area contributed by atoms with Gasteiger partial charge >= 0.3 is 0 Å². The van der Waals surface area contributed by atoms with E-state index in [2.05, 4.69) is 12.1 Å². The summed E-state index contributed by atoms with van der Waals surface area (Å²) in [5.74, 6) is 0. The first-order chi connectivity index (χ1) is 9.08. The van der Waals surface area contributed by atoms with Gasteiger partial charge in [0.2, 0.25) is 0 Å². The molecule has 2 atom stereocenters. The second-order valence-electron chi connectivity index (χ2n) is 5.36. The standard InChI is InChI=1S/C17H21NO/c1-15(13-16-9-5-3-6-10-16)18(2,19)14-17-11-7-4-8-12-17/h3-12,15H,13-14H2,1-2H3/t15-,18+/m0/s1. The highest BCUT2D eigenvalue weighted by Gasteiger charge is 2.20. The summed E-state index contributed by atoms with van der Waals surface area (Å²) in [6.45, 7) is 2.55. The molecule has 0 radical (unpaired) electrons. The van der Waals surface area contributed by atoms with Crippen LogP contribution >= 0.6 is 0 Å². The second-order valence-corrected chi connectivity index (χ2v) is 5.36. The molecule has 2 heteroatoms. The molecular weight excluding hydrogens is 234 g/mol. The lowest BCUT2D eigenvalue weighted by molar-refractivity contribution is -0.897. The normalized spacial score (nSPS) is 15.7. The van der Waals surface area contributed by atoms with Crippen LogP contribution < -0.4 is 0 Å². The van der Waals surface area contributed by atoms with E-state index in [1.165, 1.54) is 5.56 Å². The largest absolute Gasteiger partial charge is 0.633 e. The number of quaternary nitrogens is 1. The minimum Gasteiger partial charge on any atom is -0.633 e. The molecule has 19 heavy (non-hydrogen) atoms. The Hall–Kier alpha value is -1.64. The van der Waals surface area contributed by atoms with Crippen molar-refractivity contribution in [3.63, 3.8) is 0 Å². The lowest BCUT2D eigenvalue weighted by atomic mass is 10.1. The van der Waals surface area contributed by atoms with Crippen LogP contribution in [0, 0.1) is 5.21 Å². The Bertz CT molecular complexity index is 493. The van der Waals surface area contributed by atoms with Gasteiger partial charge in [-0.25, -0.2) is 0 Å². The number of benzene rings is 2. The molecule has 0 heterocycles. The van der Waals surface area contributed by atoms with E-state index >= 15 is 0 Å². The zero-order valence-corrected chi connectivity index (χ0v) is 11.6. The third-order valence-corrected chi connectivity index (χ3v) is 3.65. The number of rotatable bonds is 5. The summed E-state index contributed by atoms with van der Waals surface area (Å²) >= 11 is 0. The summed E-state index contributed by atoms with van der Waals surface area (Å²) in [4.78, 5) is 0. The van der Waals surface area contributed by atoms with E-state index < -0.39 is 0 Å². The smallest absolute Gasteiger partial charge is 0.104 e. The second kappa shape index (κ2) is 6.00. The van der Waals surface area contributed by atoms with Crippen molar-refractivity contribution in [1.82, 2.24) is 0 Å². The average Bonchev–Trinajstić information content (AvgIpc) is 2.40. The Kier molecular flexibility index (Phi) is 4.35. The van der Waals surface area contributed by atoms with Crippen LogP contribution in [0.25, 0.3) is 0 Å². The number of hydrogen-bond acceptors (Lipinski definition) is 1. The molecule has 100 valence electrons. The zero-order valence-electron chi connectivity index (χ0n) is 11.6. The van der Waals surface area contributed by atoms with Gasteiger partial charge in [0.15, 0.2) is 0 Å². The molecule has 2 rings (SSSR count). The van der Waals surface area contributed by atoms with Gasteiger partial charge in [0, 0.05) is 12.0 Å². The molecule has 0 spiro atoms. The summed E-state index contributed by atoms with van der Waals surface area (Å²) in [6.07, 6.45) is 0.813. The van der Waals surface area contributed by atoms with Gasteiger partial charge in [0.1, 0.15) is 6.54 Å². The first-order valence-electron chi connectivity index (χ1n) is 6.72. The number of likely N-dealkylation sites (N-methyl/N-ethyl adjacent to an activating group) is 1. The van der Waals surface area contributed by atoms with Gasteiger partial charge in [-0.15, -0.1) is 0 Å². The van der Waals surface area contributed by atoms with Crippen molar-refractivity contribution in [3.05, 3.63) is 77.0 Å². The highest BCUT2D eigenvalue weighted by atomic mass is 16.5. The van der Waals surface area contributed by atoms with Crippen molar-refractivity contribution in [2.24, 2.45) is 0 Å². The molecule has 0 aromatic heterocycles. The van der Waals surface area contributed by atoms with Crippen LogP contribution in [0.2, 0.25) is 0 Å². The number of hydroxylamine groups is 3. The zero-order chi connectivity index (χ0) is 13.7.